The molecule has 3 rings (SSSR count). The Labute approximate surface area is 126 Å². The Kier molecular flexibility index (Phi) is 3.78. The summed E-state index contributed by atoms with van der Waals surface area (Å²) in [5.41, 5.74) is 0.871. The van der Waals surface area contributed by atoms with Crippen molar-refractivity contribution in [2.45, 2.75) is 51.2 Å². The van der Waals surface area contributed by atoms with E-state index in [-0.39, 0.29) is 11.3 Å². The van der Waals surface area contributed by atoms with Crippen LogP contribution in [0.25, 0.3) is 0 Å². The number of aromatic nitrogens is 2. The first-order chi connectivity index (χ1) is 10.1. The van der Waals surface area contributed by atoms with Crippen molar-refractivity contribution in [2.75, 3.05) is 13.7 Å². The molecule has 0 aliphatic heterocycles. The van der Waals surface area contributed by atoms with Gasteiger partial charge in [-0.1, -0.05) is 12.8 Å². The molecule has 1 aromatic heterocycles. The molecule has 1 spiro atoms. The Morgan fingerprint density at radius 2 is 2.24 bits per heavy atom. The van der Waals surface area contributed by atoms with Crippen molar-refractivity contribution in [3.05, 3.63) is 18.0 Å². The average Bonchev–Trinajstić information content (AvgIpc) is 3.11. The van der Waals surface area contributed by atoms with Crippen LogP contribution in [0.4, 0.5) is 0 Å². The fourth-order valence-corrected chi connectivity index (χ4v) is 4.27. The second kappa shape index (κ2) is 5.44. The van der Waals surface area contributed by atoms with E-state index in [4.69, 9.17) is 4.74 Å². The summed E-state index contributed by atoms with van der Waals surface area (Å²) < 4.78 is 7.61. The molecule has 0 saturated heterocycles. The van der Waals surface area contributed by atoms with Crippen LogP contribution in [0, 0.1) is 5.41 Å². The van der Waals surface area contributed by atoms with Gasteiger partial charge in [0.15, 0.2) is 0 Å². The third-order valence-corrected chi connectivity index (χ3v) is 5.38. The van der Waals surface area contributed by atoms with Crippen LogP contribution in [-0.4, -0.2) is 46.4 Å². The number of rotatable bonds is 4. The lowest BCUT2D eigenvalue weighted by molar-refractivity contribution is -0.152. The largest absolute Gasteiger partial charge is 0.378 e. The van der Waals surface area contributed by atoms with Gasteiger partial charge in [-0.05, 0) is 26.2 Å². The first-order valence-electron chi connectivity index (χ1n) is 7.96. The zero-order chi connectivity index (χ0) is 15.0. The van der Waals surface area contributed by atoms with Crippen molar-refractivity contribution in [1.29, 1.82) is 0 Å². The molecule has 1 aromatic rings. The van der Waals surface area contributed by atoms with Crippen molar-refractivity contribution in [3.63, 3.8) is 0 Å². The van der Waals surface area contributed by atoms with Gasteiger partial charge in [-0.15, -0.1) is 0 Å². The lowest BCUT2D eigenvalue weighted by atomic mass is 9.60. The van der Waals surface area contributed by atoms with Gasteiger partial charge in [-0.3, -0.25) is 9.48 Å². The van der Waals surface area contributed by atoms with Gasteiger partial charge < -0.3 is 9.64 Å². The van der Waals surface area contributed by atoms with E-state index in [0.717, 1.165) is 13.0 Å². The lowest BCUT2D eigenvalue weighted by Gasteiger charge is -2.56. The summed E-state index contributed by atoms with van der Waals surface area (Å²) in [6, 6.07) is 0.309. The normalized spacial score (nSPS) is 26.8. The van der Waals surface area contributed by atoms with E-state index in [1.165, 1.54) is 25.7 Å². The maximum Gasteiger partial charge on any atom is 0.257 e. The number of ether oxygens (including phenoxy) is 1. The van der Waals surface area contributed by atoms with Crippen LogP contribution in [0.15, 0.2) is 12.4 Å². The molecule has 2 saturated carbocycles. The van der Waals surface area contributed by atoms with E-state index in [2.05, 4.69) is 12.0 Å². The molecule has 0 bridgehead atoms. The monoisotopic (exact) mass is 291 g/mol. The SMILES string of the molecule is CCOC1CC(N(C)C(=O)c2cnn(C)c2)C12CCCC2. The molecule has 2 aliphatic carbocycles. The molecule has 2 aliphatic rings. The van der Waals surface area contributed by atoms with E-state index in [0.29, 0.717) is 17.7 Å². The quantitative estimate of drug-likeness (QED) is 0.854. The molecule has 2 fully saturated rings. The first kappa shape index (κ1) is 14.6. The Balaban J connectivity index is 1.75. The van der Waals surface area contributed by atoms with Gasteiger partial charge in [0.25, 0.3) is 5.91 Å². The highest BCUT2D eigenvalue weighted by molar-refractivity contribution is 5.93. The topological polar surface area (TPSA) is 47.4 Å². The van der Waals surface area contributed by atoms with E-state index < -0.39 is 0 Å². The molecular formula is C16H25N3O2. The van der Waals surface area contributed by atoms with Crippen LogP contribution < -0.4 is 0 Å². The highest BCUT2D eigenvalue weighted by Gasteiger charge is 2.58. The van der Waals surface area contributed by atoms with E-state index in [1.807, 2.05) is 19.0 Å². The Morgan fingerprint density at radius 1 is 1.52 bits per heavy atom. The summed E-state index contributed by atoms with van der Waals surface area (Å²) in [6.45, 7) is 2.82. The van der Waals surface area contributed by atoms with Gasteiger partial charge in [-0.2, -0.15) is 5.10 Å². The van der Waals surface area contributed by atoms with Crippen molar-refractivity contribution < 1.29 is 9.53 Å². The smallest absolute Gasteiger partial charge is 0.257 e. The Hall–Kier alpha value is -1.36. The first-order valence-corrected chi connectivity index (χ1v) is 7.96. The molecule has 0 aromatic carbocycles. The molecule has 5 heteroatoms. The van der Waals surface area contributed by atoms with Crippen molar-refractivity contribution in [3.8, 4) is 0 Å². The zero-order valence-electron chi connectivity index (χ0n) is 13.2. The second-order valence-corrected chi connectivity index (χ2v) is 6.45. The third kappa shape index (κ3) is 2.27. The summed E-state index contributed by atoms with van der Waals surface area (Å²) in [7, 11) is 3.77. The van der Waals surface area contributed by atoms with E-state index in [1.54, 1.807) is 17.1 Å². The van der Waals surface area contributed by atoms with E-state index >= 15 is 0 Å². The number of amides is 1. The number of carbonyl (C=O) groups excluding carboxylic acids is 1. The molecule has 2 unspecified atom stereocenters. The van der Waals surface area contributed by atoms with Gasteiger partial charge in [-0.25, -0.2) is 0 Å². The van der Waals surface area contributed by atoms with Crippen molar-refractivity contribution in [2.24, 2.45) is 12.5 Å². The number of aryl methyl sites for hydroxylation is 1. The highest BCUT2D eigenvalue weighted by Crippen LogP contribution is 2.56. The molecule has 21 heavy (non-hydrogen) atoms. The number of nitrogens with zero attached hydrogens (tertiary/aromatic N) is 3. The fraction of sp³-hybridized carbons (Fsp3) is 0.750. The summed E-state index contributed by atoms with van der Waals surface area (Å²) in [6.07, 6.45) is 9.64. The van der Waals surface area contributed by atoms with Gasteiger partial charge >= 0.3 is 0 Å². The van der Waals surface area contributed by atoms with Crippen LogP contribution in [0.2, 0.25) is 0 Å². The molecule has 5 nitrogen and oxygen atoms in total. The summed E-state index contributed by atoms with van der Waals surface area (Å²) >= 11 is 0. The molecule has 0 radical (unpaired) electrons. The van der Waals surface area contributed by atoms with Gasteiger partial charge in [0.2, 0.25) is 0 Å². The van der Waals surface area contributed by atoms with Crippen LogP contribution in [0.1, 0.15) is 49.4 Å². The lowest BCUT2D eigenvalue weighted by Crippen LogP contribution is -2.63. The Bertz CT molecular complexity index is 519. The average molecular weight is 291 g/mol. The minimum absolute atomic E-state index is 0.0781. The minimum atomic E-state index is 0.0781. The third-order valence-electron chi connectivity index (χ3n) is 5.38. The number of carbonyl (C=O) groups is 1. The molecule has 1 heterocycles. The van der Waals surface area contributed by atoms with Crippen LogP contribution in [-0.2, 0) is 11.8 Å². The predicted molar refractivity (Wildman–Crippen MR) is 80.0 cm³/mol. The standard InChI is InChI=1S/C16H25N3O2/c1-4-21-14-9-13(16(14)7-5-6-8-16)19(3)15(20)12-10-17-18(2)11-12/h10-11,13-14H,4-9H2,1-3H3. The summed E-state index contributed by atoms with van der Waals surface area (Å²) in [5.74, 6) is 0.0781. The molecule has 1 amide bonds. The number of hydrogen-bond donors (Lipinski definition) is 0. The van der Waals surface area contributed by atoms with Gasteiger partial charge in [0.1, 0.15) is 0 Å². The van der Waals surface area contributed by atoms with Crippen LogP contribution in [0.3, 0.4) is 0 Å². The Morgan fingerprint density at radius 3 is 2.81 bits per heavy atom. The van der Waals surface area contributed by atoms with Crippen LogP contribution in [0.5, 0.6) is 0 Å². The maximum atomic E-state index is 12.6. The molecule has 116 valence electrons. The fourth-order valence-electron chi connectivity index (χ4n) is 4.27. The van der Waals surface area contributed by atoms with Crippen LogP contribution >= 0.6 is 0 Å². The predicted octanol–water partition coefficient (Wildman–Crippen LogP) is 2.23. The maximum absolute atomic E-state index is 12.6. The number of hydrogen-bond acceptors (Lipinski definition) is 3. The zero-order valence-corrected chi connectivity index (χ0v) is 13.2. The molecule has 0 N–H and O–H groups in total. The summed E-state index contributed by atoms with van der Waals surface area (Å²) in [5, 5.41) is 4.10. The highest BCUT2D eigenvalue weighted by atomic mass is 16.5. The second-order valence-electron chi connectivity index (χ2n) is 6.45. The van der Waals surface area contributed by atoms with E-state index in [9.17, 15) is 4.79 Å². The van der Waals surface area contributed by atoms with Crippen molar-refractivity contribution in [1.82, 2.24) is 14.7 Å². The van der Waals surface area contributed by atoms with Crippen molar-refractivity contribution >= 4 is 5.91 Å². The minimum Gasteiger partial charge on any atom is -0.378 e. The molecular weight excluding hydrogens is 266 g/mol. The van der Waals surface area contributed by atoms with Gasteiger partial charge in [0, 0.05) is 38.4 Å². The molecule has 2 atom stereocenters. The van der Waals surface area contributed by atoms with Gasteiger partial charge in [0.05, 0.1) is 17.9 Å². The summed E-state index contributed by atoms with van der Waals surface area (Å²) in [4.78, 5) is 14.6.